The van der Waals surface area contributed by atoms with E-state index in [1.807, 2.05) is 42.5 Å². The molecule has 0 N–H and O–H groups in total. The first-order chi connectivity index (χ1) is 23.3. The van der Waals surface area contributed by atoms with Gasteiger partial charge in [-0.2, -0.15) is 0 Å². The molecule has 0 aliphatic heterocycles. The molecule has 220 valence electrons. The number of furan rings is 1. The Hall–Kier alpha value is -6.39. The number of nitrogens with zero attached hydrogens (tertiary/aromatic N) is 3. The Morgan fingerprint density at radius 3 is 1.45 bits per heavy atom. The first-order valence-corrected chi connectivity index (χ1v) is 15.7. The SMILES string of the molecule is c1ccc(-c2ccc(-c3nc(-c4ccccc4)nc(-c4cc5c6ccc(-c7ccccc7)cc6oc5c5ccccc45)n3)cc2)cc1. The van der Waals surface area contributed by atoms with Crippen LogP contribution in [0.2, 0.25) is 0 Å². The van der Waals surface area contributed by atoms with E-state index in [4.69, 9.17) is 19.4 Å². The van der Waals surface area contributed by atoms with Crippen molar-refractivity contribution < 1.29 is 4.42 Å². The molecule has 0 radical (unpaired) electrons. The van der Waals surface area contributed by atoms with Crippen molar-refractivity contribution >= 4 is 32.7 Å². The number of aromatic nitrogens is 3. The smallest absolute Gasteiger partial charge is 0.164 e. The summed E-state index contributed by atoms with van der Waals surface area (Å²) >= 11 is 0. The Bertz CT molecular complexity index is 2540. The molecule has 0 fully saturated rings. The van der Waals surface area contributed by atoms with E-state index in [9.17, 15) is 0 Å². The summed E-state index contributed by atoms with van der Waals surface area (Å²) in [4.78, 5) is 15.2. The lowest BCUT2D eigenvalue weighted by Crippen LogP contribution is -2.00. The first kappa shape index (κ1) is 27.0. The maximum absolute atomic E-state index is 6.60. The van der Waals surface area contributed by atoms with Crippen molar-refractivity contribution in [2.24, 2.45) is 0 Å². The van der Waals surface area contributed by atoms with Gasteiger partial charge in [0.15, 0.2) is 17.5 Å². The number of hydrogen-bond acceptors (Lipinski definition) is 4. The summed E-state index contributed by atoms with van der Waals surface area (Å²) in [5.41, 5.74) is 9.10. The number of benzene rings is 7. The fraction of sp³-hybridized carbons (Fsp3) is 0. The summed E-state index contributed by atoms with van der Waals surface area (Å²) < 4.78 is 6.60. The molecule has 0 aliphatic carbocycles. The number of fused-ring (bicyclic) bond motifs is 5. The first-order valence-electron chi connectivity index (χ1n) is 15.7. The van der Waals surface area contributed by atoms with E-state index in [1.54, 1.807) is 0 Å². The number of hydrogen-bond donors (Lipinski definition) is 0. The maximum Gasteiger partial charge on any atom is 0.164 e. The van der Waals surface area contributed by atoms with Crippen molar-refractivity contribution in [3.8, 4) is 56.4 Å². The molecule has 0 atom stereocenters. The summed E-state index contributed by atoms with van der Waals surface area (Å²) in [5, 5.41) is 4.13. The van der Waals surface area contributed by atoms with Gasteiger partial charge in [-0.3, -0.25) is 0 Å². The topological polar surface area (TPSA) is 51.8 Å². The van der Waals surface area contributed by atoms with Crippen molar-refractivity contribution in [3.05, 3.63) is 164 Å². The highest BCUT2D eigenvalue weighted by molar-refractivity contribution is 6.19. The van der Waals surface area contributed by atoms with Crippen LogP contribution in [0, 0.1) is 0 Å². The zero-order valence-electron chi connectivity index (χ0n) is 25.3. The van der Waals surface area contributed by atoms with Gasteiger partial charge in [0.1, 0.15) is 11.2 Å². The van der Waals surface area contributed by atoms with Crippen LogP contribution in [0.5, 0.6) is 0 Å². The molecule has 4 nitrogen and oxygen atoms in total. The summed E-state index contributed by atoms with van der Waals surface area (Å²) in [5.74, 6) is 1.88. The fourth-order valence-corrected chi connectivity index (χ4v) is 6.38. The molecule has 0 saturated heterocycles. The van der Waals surface area contributed by atoms with E-state index < -0.39 is 0 Å². The third-order valence-electron chi connectivity index (χ3n) is 8.74. The minimum atomic E-state index is 0.620. The average Bonchev–Trinajstić information content (AvgIpc) is 3.53. The van der Waals surface area contributed by atoms with Crippen molar-refractivity contribution in [1.82, 2.24) is 15.0 Å². The van der Waals surface area contributed by atoms with E-state index in [0.717, 1.165) is 66.1 Å². The monoisotopic (exact) mass is 601 g/mol. The van der Waals surface area contributed by atoms with Crippen LogP contribution in [-0.2, 0) is 0 Å². The van der Waals surface area contributed by atoms with Crippen molar-refractivity contribution in [2.75, 3.05) is 0 Å². The quantitative estimate of drug-likeness (QED) is 0.197. The van der Waals surface area contributed by atoms with Crippen LogP contribution in [0.4, 0.5) is 0 Å². The second kappa shape index (κ2) is 11.2. The van der Waals surface area contributed by atoms with Gasteiger partial charge >= 0.3 is 0 Å². The highest BCUT2D eigenvalue weighted by atomic mass is 16.3. The van der Waals surface area contributed by atoms with E-state index in [1.165, 1.54) is 5.56 Å². The average molecular weight is 602 g/mol. The van der Waals surface area contributed by atoms with Crippen LogP contribution in [0.3, 0.4) is 0 Å². The van der Waals surface area contributed by atoms with Crippen LogP contribution >= 0.6 is 0 Å². The highest BCUT2D eigenvalue weighted by Gasteiger charge is 2.19. The van der Waals surface area contributed by atoms with E-state index >= 15 is 0 Å². The second-order valence-electron chi connectivity index (χ2n) is 11.6. The Labute approximate surface area is 271 Å². The van der Waals surface area contributed by atoms with Crippen LogP contribution in [-0.4, -0.2) is 15.0 Å². The molecule has 4 heteroatoms. The molecule has 2 heterocycles. The lowest BCUT2D eigenvalue weighted by molar-refractivity contribution is 0.673. The summed E-state index contributed by atoms with van der Waals surface area (Å²) in [6, 6.07) is 56.3. The minimum absolute atomic E-state index is 0.620. The molecular weight excluding hydrogens is 574 g/mol. The Morgan fingerprint density at radius 1 is 0.319 bits per heavy atom. The molecule has 0 spiro atoms. The largest absolute Gasteiger partial charge is 0.455 e. The van der Waals surface area contributed by atoms with Crippen molar-refractivity contribution in [2.45, 2.75) is 0 Å². The van der Waals surface area contributed by atoms with Gasteiger partial charge in [-0.1, -0.05) is 146 Å². The van der Waals surface area contributed by atoms with Gasteiger partial charge in [-0.25, -0.2) is 15.0 Å². The molecule has 0 unspecified atom stereocenters. The molecule has 9 aromatic rings. The lowest BCUT2D eigenvalue weighted by Gasteiger charge is -2.11. The Kier molecular flexibility index (Phi) is 6.43. The molecule has 0 saturated carbocycles. The molecule has 0 amide bonds. The predicted molar refractivity (Wildman–Crippen MR) is 192 cm³/mol. The maximum atomic E-state index is 6.60. The lowest BCUT2D eigenvalue weighted by atomic mass is 9.98. The zero-order chi connectivity index (χ0) is 31.2. The Balaban J connectivity index is 1.25. The van der Waals surface area contributed by atoms with Gasteiger partial charge in [0.05, 0.1) is 0 Å². The van der Waals surface area contributed by atoms with Crippen LogP contribution in [0.1, 0.15) is 0 Å². The third kappa shape index (κ3) is 4.84. The van der Waals surface area contributed by atoms with Crippen molar-refractivity contribution in [3.63, 3.8) is 0 Å². The van der Waals surface area contributed by atoms with Gasteiger partial charge in [0, 0.05) is 32.8 Å². The van der Waals surface area contributed by atoms with Gasteiger partial charge < -0.3 is 4.42 Å². The van der Waals surface area contributed by atoms with Gasteiger partial charge in [-0.15, -0.1) is 0 Å². The summed E-state index contributed by atoms with van der Waals surface area (Å²) in [6.07, 6.45) is 0. The molecule has 0 bridgehead atoms. The molecule has 2 aromatic heterocycles. The van der Waals surface area contributed by atoms with Crippen molar-refractivity contribution in [1.29, 1.82) is 0 Å². The van der Waals surface area contributed by atoms with Crippen LogP contribution < -0.4 is 0 Å². The number of rotatable bonds is 5. The molecule has 47 heavy (non-hydrogen) atoms. The minimum Gasteiger partial charge on any atom is -0.455 e. The van der Waals surface area contributed by atoms with Crippen LogP contribution in [0.15, 0.2) is 168 Å². The summed E-state index contributed by atoms with van der Waals surface area (Å²) in [7, 11) is 0. The Morgan fingerprint density at radius 2 is 0.787 bits per heavy atom. The van der Waals surface area contributed by atoms with Gasteiger partial charge in [0.25, 0.3) is 0 Å². The molecule has 9 rings (SSSR count). The van der Waals surface area contributed by atoms with E-state index in [0.29, 0.717) is 17.5 Å². The molecule has 7 aromatic carbocycles. The standard InChI is InChI=1S/C43H27N3O/c1-4-12-28(13-5-1)30-20-22-32(23-21-30)42-44-41(31-16-8-3-9-17-31)45-43(46-42)38-27-37-35-25-24-33(29-14-6-2-7-15-29)26-39(35)47-40(37)36-19-11-10-18-34(36)38/h1-27H. The third-order valence-corrected chi connectivity index (χ3v) is 8.74. The normalized spacial score (nSPS) is 11.4. The zero-order valence-corrected chi connectivity index (χ0v) is 25.3. The summed E-state index contributed by atoms with van der Waals surface area (Å²) in [6.45, 7) is 0. The van der Waals surface area contributed by atoms with Gasteiger partial charge in [0.2, 0.25) is 0 Å². The van der Waals surface area contributed by atoms with Crippen LogP contribution in [0.25, 0.3) is 89.1 Å². The van der Waals surface area contributed by atoms with Gasteiger partial charge in [-0.05, 0) is 45.8 Å². The second-order valence-corrected chi connectivity index (χ2v) is 11.6. The predicted octanol–water partition coefficient (Wildman–Crippen LogP) is 11.3. The molecule has 0 aliphatic rings. The van der Waals surface area contributed by atoms with E-state index in [-0.39, 0.29) is 0 Å². The van der Waals surface area contributed by atoms with E-state index in [2.05, 4.69) is 121 Å². The molecular formula is C43H27N3O. The highest BCUT2D eigenvalue weighted by Crippen LogP contribution is 2.40. The fourth-order valence-electron chi connectivity index (χ4n) is 6.38.